The molecule has 0 atom stereocenters. The average molecular weight is 338 g/mol. The van der Waals surface area contributed by atoms with Crippen molar-refractivity contribution in [1.82, 2.24) is 14.8 Å². The number of hydrogen-bond acceptors (Lipinski definition) is 6. The lowest BCUT2D eigenvalue weighted by Crippen LogP contribution is -2.17. The summed E-state index contributed by atoms with van der Waals surface area (Å²) >= 11 is 0. The van der Waals surface area contributed by atoms with Crippen LogP contribution in [0.4, 0.5) is 0 Å². The van der Waals surface area contributed by atoms with Crippen molar-refractivity contribution < 1.29 is 14.7 Å². The fourth-order valence-electron chi connectivity index (χ4n) is 2.40. The van der Waals surface area contributed by atoms with Crippen LogP contribution in [0.2, 0.25) is 0 Å². The maximum absolute atomic E-state index is 9.38. The second-order valence-electron chi connectivity index (χ2n) is 5.43. The summed E-state index contributed by atoms with van der Waals surface area (Å²) in [6.45, 7) is 3.77. The molecule has 7 heteroatoms. The highest BCUT2D eigenvalue weighted by Crippen LogP contribution is 2.22. The molecule has 2 aromatic heterocycles. The Labute approximate surface area is 145 Å². The first-order valence-electron chi connectivity index (χ1n) is 7.64. The number of benzene rings is 1. The summed E-state index contributed by atoms with van der Waals surface area (Å²) in [5.74, 6) is 2.13. The number of rotatable bonds is 4. The van der Waals surface area contributed by atoms with E-state index in [4.69, 9.17) is 9.47 Å². The van der Waals surface area contributed by atoms with Crippen molar-refractivity contribution in [3.63, 3.8) is 0 Å². The lowest BCUT2D eigenvalue weighted by atomic mass is 10.2. The van der Waals surface area contributed by atoms with Gasteiger partial charge in [-0.25, -0.2) is 9.67 Å². The minimum atomic E-state index is 0.300. The van der Waals surface area contributed by atoms with Gasteiger partial charge in [-0.2, -0.15) is 5.10 Å². The van der Waals surface area contributed by atoms with Gasteiger partial charge < -0.3 is 14.7 Å². The number of methoxy groups -OCH3 is 1. The van der Waals surface area contributed by atoms with Crippen LogP contribution in [-0.2, 0) is 0 Å². The number of hydrogen-bond donors (Lipinski definition) is 1. The quantitative estimate of drug-likeness (QED) is 0.341. The number of pyridine rings is 1. The third-order valence-corrected chi connectivity index (χ3v) is 3.58. The molecule has 0 saturated carbocycles. The Bertz CT molecular complexity index is 884. The van der Waals surface area contributed by atoms with Crippen LogP contribution < -0.4 is 9.47 Å². The molecule has 7 nitrogen and oxygen atoms in total. The van der Waals surface area contributed by atoms with E-state index in [9.17, 15) is 5.21 Å². The molecule has 2 heterocycles. The number of ether oxygens (including phenoxy) is 2. The van der Waals surface area contributed by atoms with E-state index in [0.717, 1.165) is 17.1 Å². The van der Waals surface area contributed by atoms with Gasteiger partial charge in [0.15, 0.2) is 0 Å². The van der Waals surface area contributed by atoms with Crippen LogP contribution in [0, 0.1) is 13.8 Å². The Kier molecular flexibility index (Phi) is 4.65. The van der Waals surface area contributed by atoms with Crippen LogP contribution >= 0.6 is 0 Å². The molecule has 0 bridgehead atoms. The van der Waals surface area contributed by atoms with Crippen molar-refractivity contribution in [3.05, 3.63) is 65.6 Å². The Balaban J connectivity index is 1.80. The smallest absolute Gasteiger partial charge is 0.219 e. The van der Waals surface area contributed by atoms with Gasteiger partial charge in [0.05, 0.1) is 12.8 Å². The monoisotopic (exact) mass is 338 g/mol. The standard InChI is InChI=1S/C18H18N4O3/c1-12-10-13(2)22(20-12)18(21-23)14-4-9-17(19-11-14)25-16-7-5-15(24-3)6-8-16/h4-11,23H,1-3H3/b21-18-. The fraction of sp³-hybridized carbons (Fsp3) is 0.167. The van der Waals surface area contributed by atoms with Crippen molar-refractivity contribution in [2.75, 3.05) is 7.11 Å². The van der Waals surface area contributed by atoms with Crippen LogP contribution in [0.15, 0.2) is 53.8 Å². The largest absolute Gasteiger partial charge is 0.497 e. The lowest BCUT2D eigenvalue weighted by Gasteiger charge is -2.08. The molecule has 0 aliphatic rings. The number of oxime groups is 1. The van der Waals surface area contributed by atoms with Gasteiger partial charge >= 0.3 is 0 Å². The van der Waals surface area contributed by atoms with Crippen molar-refractivity contribution >= 4 is 5.84 Å². The molecule has 25 heavy (non-hydrogen) atoms. The number of aryl methyl sites for hydroxylation is 2. The molecular weight excluding hydrogens is 320 g/mol. The van der Waals surface area contributed by atoms with Crippen LogP contribution in [-0.4, -0.2) is 32.9 Å². The van der Waals surface area contributed by atoms with Crippen LogP contribution in [0.1, 0.15) is 17.0 Å². The molecule has 3 rings (SSSR count). The summed E-state index contributed by atoms with van der Waals surface area (Å²) in [5.41, 5.74) is 2.32. The lowest BCUT2D eigenvalue weighted by molar-refractivity contribution is 0.316. The Hall–Kier alpha value is -3.35. The zero-order chi connectivity index (χ0) is 17.8. The van der Waals surface area contributed by atoms with Crippen molar-refractivity contribution in [2.45, 2.75) is 13.8 Å². The minimum absolute atomic E-state index is 0.300. The van der Waals surface area contributed by atoms with Crippen molar-refractivity contribution in [1.29, 1.82) is 0 Å². The molecule has 0 aliphatic carbocycles. The van der Waals surface area contributed by atoms with E-state index in [-0.39, 0.29) is 0 Å². The summed E-state index contributed by atoms with van der Waals surface area (Å²) in [6, 6.07) is 12.6. The van der Waals surface area contributed by atoms with Gasteiger partial charge in [-0.3, -0.25) is 0 Å². The summed E-state index contributed by atoms with van der Waals surface area (Å²) in [6.07, 6.45) is 1.57. The predicted molar refractivity (Wildman–Crippen MR) is 92.7 cm³/mol. The van der Waals surface area contributed by atoms with Crippen LogP contribution in [0.5, 0.6) is 17.4 Å². The molecular formula is C18H18N4O3. The van der Waals surface area contributed by atoms with Crippen LogP contribution in [0.3, 0.4) is 0 Å². The van der Waals surface area contributed by atoms with Gasteiger partial charge in [-0.1, -0.05) is 5.16 Å². The average Bonchev–Trinajstić information content (AvgIpc) is 2.96. The topological polar surface area (TPSA) is 81.8 Å². The molecule has 0 amide bonds. The highest BCUT2D eigenvalue weighted by atomic mass is 16.5. The zero-order valence-electron chi connectivity index (χ0n) is 14.2. The summed E-state index contributed by atoms with van der Waals surface area (Å²) in [5, 5.41) is 17.1. The van der Waals surface area contributed by atoms with Gasteiger partial charge in [-0.05, 0) is 50.2 Å². The number of nitrogens with zero attached hydrogens (tertiary/aromatic N) is 4. The third-order valence-electron chi connectivity index (χ3n) is 3.58. The first-order chi connectivity index (χ1) is 12.1. The predicted octanol–water partition coefficient (Wildman–Crippen LogP) is 3.38. The van der Waals surface area contributed by atoms with E-state index in [1.807, 2.05) is 32.0 Å². The summed E-state index contributed by atoms with van der Waals surface area (Å²) in [7, 11) is 1.61. The van der Waals surface area contributed by atoms with E-state index in [1.165, 1.54) is 0 Å². The van der Waals surface area contributed by atoms with Gasteiger partial charge in [0.2, 0.25) is 11.7 Å². The van der Waals surface area contributed by atoms with Gasteiger partial charge in [-0.15, -0.1) is 0 Å². The molecule has 1 N–H and O–H groups in total. The van der Waals surface area contributed by atoms with Crippen molar-refractivity contribution in [2.24, 2.45) is 5.16 Å². The van der Waals surface area contributed by atoms with E-state index >= 15 is 0 Å². The second kappa shape index (κ2) is 7.04. The van der Waals surface area contributed by atoms with Crippen molar-refractivity contribution in [3.8, 4) is 17.4 Å². The van der Waals surface area contributed by atoms with E-state index < -0.39 is 0 Å². The molecule has 128 valence electrons. The van der Waals surface area contributed by atoms with Gasteiger partial charge in [0, 0.05) is 23.5 Å². The third kappa shape index (κ3) is 3.60. The second-order valence-corrected chi connectivity index (χ2v) is 5.43. The zero-order valence-corrected chi connectivity index (χ0v) is 14.2. The highest BCUT2D eigenvalue weighted by molar-refractivity contribution is 5.99. The van der Waals surface area contributed by atoms with Crippen LogP contribution in [0.25, 0.3) is 0 Å². The Morgan fingerprint density at radius 2 is 1.80 bits per heavy atom. The Morgan fingerprint density at radius 1 is 1.08 bits per heavy atom. The number of aromatic nitrogens is 3. The van der Waals surface area contributed by atoms with Gasteiger partial charge in [0.25, 0.3) is 0 Å². The molecule has 0 spiro atoms. The Morgan fingerprint density at radius 3 is 2.32 bits per heavy atom. The summed E-state index contributed by atoms with van der Waals surface area (Å²) in [4.78, 5) is 4.26. The molecule has 0 fully saturated rings. The molecule has 0 unspecified atom stereocenters. The van der Waals surface area contributed by atoms with E-state index in [2.05, 4.69) is 15.2 Å². The molecule has 0 radical (unpaired) electrons. The maximum Gasteiger partial charge on any atom is 0.219 e. The fourth-order valence-corrected chi connectivity index (χ4v) is 2.40. The molecule has 1 aromatic carbocycles. The minimum Gasteiger partial charge on any atom is -0.497 e. The molecule has 0 saturated heterocycles. The normalized spacial score (nSPS) is 11.4. The molecule has 0 aliphatic heterocycles. The molecule has 3 aromatic rings. The van der Waals surface area contributed by atoms with Gasteiger partial charge in [0.1, 0.15) is 11.5 Å². The summed E-state index contributed by atoms with van der Waals surface area (Å²) < 4.78 is 12.4. The highest BCUT2D eigenvalue weighted by Gasteiger charge is 2.12. The first-order valence-corrected chi connectivity index (χ1v) is 7.64. The maximum atomic E-state index is 9.38. The SMILES string of the molecule is COc1ccc(Oc2ccc(/C(=N/O)n3nc(C)cc3C)cn2)cc1. The van der Waals surface area contributed by atoms with E-state index in [0.29, 0.717) is 23.0 Å². The van der Waals surface area contributed by atoms with E-state index in [1.54, 1.807) is 42.3 Å². The first kappa shape index (κ1) is 16.5.